The highest BCUT2D eigenvalue weighted by atomic mass is 15.3. The Labute approximate surface area is 100 Å². The number of hydrogen-bond donors (Lipinski definition) is 2. The Morgan fingerprint density at radius 3 is 2.65 bits per heavy atom. The minimum absolute atomic E-state index is 0.206. The fourth-order valence-corrected chi connectivity index (χ4v) is 2.24. The van der Waals surface area contributed by atoms with Gasteiger partial charge in [0.25, 0.3) is 0 Å². The Morgan fingerprint density at radius 1 is 1.41 bits per heavy atom. The van der Waals surface area contributed by atoms with E-state index < -0.39 is 0 Å². The maximum Gasteiger partial charge on any atom is 0.126 e. The molecule has 0 atom stereocenters. The SMILES string of the molecule is Cc1nn(C)c(C)c1-c1cnc(C2(N)CC2)[nH]1. The summed E-state index contributed by atoms with van der Waals surface area (Å²) >= 11 is 0. The largest absolute Gasteiger partial charge is 0.340 e. The van der Waals surface area contributed by atoms with Crippen LogP contribution in [0.25, 0.3) is 11.3 Å². The van der Waals surface area contributed by atoms with Crippen LogP contribution in [0.5, 0.6) is 0 Å². The number of H-pyrrole nitrogens is 1. The van der Waals surface area contributed by atoms with Crippen LogP contribution in [0, 0.1) is 13.8 Å². The lowest BCUT2D eigenvalue weighted by atomic mass is 10.1. The lowest BCUT2D eigenvalue weighted by Crippen LogP contribution is -2.20. The molecular weight excluding hydrogens is 214 g/mol. The molecule has 0 amide bonds. The van der Waals surface area contributed by atoms with Crippen molar-refractivity contribution in [3.63, 3.8) is 0 Å². The van der Waals surface area contributed by atoms with Gasteiger partial charge in [-0.1, -0.05) is 0 Å². The molecule has 1 aliphatic rings. The zero-order valence-electron chi connectivity index (χ0n) is 10.4. The number of nitrogens with two attached hydrogens (primary N) is 1. The number of aryl methyl sites for hydroxylation is 2. The van der Waals surface area contributed by atoms with Crippen LogP contribution in [-0.4, -0.2) is 19.7 Å². The van der Waals surface area contributed by atoms with Crippen molar-refractivity contribution in [2.45, 2.75) is 32.2 Å². The van der Waals surface area contributed by atoms with Gasteiger partial charge >= 0.3 is 0 Å². The van der Waals surface area contributed by atoms with E-state index in [1.807, 2.05) is 24.9 Å². The van der Waals surface area contributed by atoms with Crippen molar-refractivity contribution in [3.8, 4) is 11.3 Å². The number of hydrogen-bond acceptors (Lipinski definition) is 3. The van der Waals surface area contributed by atoms with Crippen LogP contribution in [0.15, 0.2) is 6.20 Å². The van der Waals surface area contributed by atoms with Crippen LogP contribution in [-0.2, 0) is 12.6 Å². The smallest absolute Gasteiger partial charge is 0.126 e. The molecule has 5 heteroatoms. The second-order valence-electron chi connectivity index (χ2n) is 4.97. The van der Waals surface area contributed by atoms with E-state index in [2.05, 4.69) is 22.0 Å². The third kappa shape index (κ3) is 1.50. The van der Waals surface area contributed by atoms with Crippen LogP contribution in [0.1, 0.15) is 30.1 Å². The van der Waals surface area contributed by atoms with Crippen molar-refractivity contribution in [2.75, 3.05) is 0 Å². The molecule has 1 fully saturated rings. The van der Waals surface area contributed by atoms with E-state index in [9.17, 15) is 0 Å². The number of rotatable bonds is 2. The number of aromatic nitrogens is 4. The number of nitrogens with zero attached hydrogens (tertiary/aromatic N) is 3. The van der Waals surface area contributed by atoms with Gasteiger partial charge in [-0.05, 0) is 26.7 Å². The Morgan fingerprint density at radius 2 is 2.12 bits per heavy atom. The Bertz CT molecular complexity index is 574. The van der Waals surface area contributed by atoms with E-state index in [-0.39, 0.29) is 5.54 Å². The summed E-state index contributed by atoms with van der Waals surface area (Å²) in [5.74, 6) is 0.898. The highest BCUT2D eigenvalue weighted by molar-refractivity contribution is 5.64. The molecule has 0 unspecified atom stereocenters. The molecule has 3 N–H and O–H groups in total. The molecule has 0 radical (unpaired) electrons. The summed E-state index contributed by atoms with van der Waals surface area (Å²) < 4.78 is 1.89. The molecule has 2 aromatic heterocycles. The third-order valence-electron chi connectivity index (χ3n) is 3.61. The molecule has 0 bridgehead atoms. The van der Waals surface area contributed by atoms with Gasteiger partial charge in [0.05, 0.1) is 23.1 Å². The maximum absolute atomic E-state index is 6.13. The minimum Gasteiger partial charge on any atom is -0.340 e. The Kier molecular flexibility index (Phi) is 1.98. The molecule has 1 aliphatic carbocycles. The topological polar surface area (TPSA) is 72.5 Å². The summed E-state index contributed by atoms with van der Waals surface area (Å²) in [6.07, 6.45) is 3.90. The fraction of sp³-hybridized carbons (Fsp3) is 0.500. The van der Waals surface area contributed by atoms with Gasteiger partial charge in [-0.25, -0.2) is 4.98 Å². The van der Waals surface area contributed by atoms with Gasteiger partial charge in [-0.2, -0.15) is 5.10 Å². The molecule has 5 nitrogen and oxygen atoms in total. The van der Waals surface area contributed by atoms with Crippen molar-refractivity contribution < 1.29 is 0 Å². The molecule has 2 aromatic rings. The average molecular weight is 231 g/mol. The molecule has 0 aromatic carbocycles. The molecule has 0 aliphatic heterocycles. The summed E-state index contributed by atoms with van der Waals surface area (Å²) in [6.45, 7) is 4.07. The fourth-order valence-electron chi connectivity index (χ4n) is 2.24. The van der Waals surface area contributed by atoms with Gasteiger partial charge < -0.3 is 10.7 Å². The molecule has 3 rings (SSSR count). The summed E-state index contributed by atoms with van der Waals surface area (Å²) in [4.78, 5) is 7.74. The van der Waals surface area contributed by atoms with Crippen molar-refractivity contribution in [3.05, 3.63) is 23.4 Å². The normalized spacial score (nSPS) is 17.4. The highest BCUT2D eigenvalue weighted by Crippen LogP contribution is 2.41. The van der Waals surface area contributed by atoms with Crippen LogP contribution in [0.4, 0.5) is 0 Å². The monoisotopic (exact) mass is 231 g/mol. The lowest BCUT2D eigenvalue weighted by Gasteiger charge is -2.03. The first-order valence-corrected chi connectivity index (χ1v) is 5.86. The quantitative estimate of drug-likeness (QED) is 0.820. The standard InChI is InChI=1S/C12H17N5/c1-7-10(8(2)17(3)16-7)9-6-14-11(15-9)12(13)4-5-12/h6H,4-5,13H2,1-3H3,(H,14,15). The summed E-state index contributed by atoms with van der Waals surface area (Å²) in [5.41, 5.74) is 10.2. The highest BCUT2D eigenvalue weighted by Gasteiger charge is 2.42. The number of imidazole rings is 1. The first kappa shape index (κ1) is 10.5. The van der Waals surface area contributed by atoms with E-state index in [4.69, 9.17) is 5.73 Å². The van der Waals surface area contributed by atoms with Crippen LogP contribution >= 0.6 is 0 Å². The molecular formula is C12H17N5. The second kappa shape index (κ2) is 3.20. The van der Waals surface area contributed by atoms with Crippen molar-refractivity contribution >= 4 is 0 Å². The van der Waals surface area contributed by atoms with Gasteiger partial charge in [-0.3, -0.25) is 4.68 Å². The van der Waals surface area contributed by atoms with Crippen molar-refractivity contribution in [1.82, 2.24) is 19.7 Å². The predicted octanol–water partition coefficient (Wildman–Crippen LogP) is 1.37. The van der Waals surface area contributed by atoms with Crippen LogP contribution in [0.2, 0.25) is 0 Å². The predicted molar refractivity (Wildman–Crippen MR) is 65.4 cm³/mol. The Balaban J connectivity index is 2.07. The second-order valence-corrected chi connectivity index (χ2v) is 4.97. The van der Waals surface area contributed by atoms with Gasteiger partial charge in [0.15, 0.2) is 0 Å². The molecule has 17 heavy (non-hydrogen) atoms. The lowest BCUT2D eigenvalue weighted by molar-refractivity contribution is 0.685. The van der Waals surface area contributed by atoms with Gasteiger partial charge in [-0.15, -0.1) is 0 Å². The van der Waals surface area contributed by atoms with Crippen LogP contribution in [0.3, 0.4) is 0 Å². The first-order valence-electron chi connectivity index (χ1n) is 5.86. The molecule has 0 spiro atoms. The van der Waals surface area contributed by atoms with Gasteiger partial charge in [0.1, 0.15) is 5.82 Å². The summed E-state index contributed by atoms with van der Waals surface area (Å²) in [6, 6.07) is 0. The van der Waals surface area contributed by atoms with Crippen molar-refractivity contribution in [1.29, 1.82) is 0 Å². The van der Waals surface area contributed by atoms with E-state index in [1.165, 1.54) is 0 Å². The molecule has 90 valence electrons. The zero-order valence-corrected chi connectivity index (χ0v) is 10.4. The molecule has 0 saturated heterocycles. The third-order valence-corrected chi connectivity index (χ3v) is 3.61. The van der Waals surface area contributed by atoms with Gasteiger partial charge in [0.2, 0.25) is 0 Å². The van der Waals surface area contributed by atoms with E-state index in [1.54, 1.807) is 0 Å². The first-order chi connectivity index (χ1) is 8.01. The maximum atomic E-state index is 6.13. The van der Waals surface area contributed by atoms with Gasteiger partial charge in [0, 0.05) is 18.3 Å². The van der Waals surface area contributed by atoms with Crippen LogP contribution < -0.4 is 5.73 Å². The van der Waals surface area contributed by atoms with E-state index in [0.717, 1.165) is 41.3 Å². The average Bonchev–Trinajstić information content (AvgIpc) is 2.73. The zero-order chi connectivity index (χ0) is 12.2. The Hall–Kier alpha value is -1.62. The summed E-state index contributed by atoms with van der Waals surface area (Å²) in [5, 5.41) is 4.41. The van der Waals surface area contributed by atoms with E-state index >= 15 is 0 Å². The number of nitrogens with one attached hydrogen (secondary N) is 1. The van der Waals surface area contributed by atoms with E-state index in [0.29, 0.717) is 0 Å². The number of aromatic amines is 1. The molecule has 2 heterocycles. The minimum atomic E-state index is -0.206. The summed E-state index contributed by atoms with van der Waals surface area (Å²) in [7, 11) is 1.95. The van der Waals surface area contributed by atoms with Crippen molar-refractivity contribution in [2.24, 2.45) is 12.8 Å². The molecule has 1 saturated carbocycles.